The van der Waals surface area contributed by atoms with Crippen molar-refractivity contribution in [2.24, 2.45) is 9.98 Å². The Balaban J connectivity index is 0.000000195. The predicted molar refractivity (Wildman–Crippen MR) is 50.9 cm³/mol. The maximum atomic E-state index is 10.6. The fourth-order valence-electron chi connectivity index (χ4n) is 0.884. The number of urea groups is 1. The van der Waals surface area contributed by atoms with Crippen LogP contribution in [0.1, 0.15) is 6.92 Å². The van der Waals surface area contributed by atoms with E-state index in [1.807, 2.05) is 12.1 Å². The summed E-state index contributed by atoms with van der Waals surface area (Å²) in [6, 6.07) is 6.79. The standard InChI is InChI=1S/C7H4N2O.C3H4O2/c10-7-8-5-3-1-2-4-6(5)9-7;1-3(5)2-4/h1-4H;2H,1H3. The van der Waals surface area contributed by atoms with Crippen molar-refractivity contribution in [3.63, 3.8) is 0 Å². The molecule has 1 aliphatic rings. The van der Waals surface area contributed by atoms with E-state index in [-0.39, 0.29) is 6.29 Å². The molecule has 1 aliphatic heterocycles. The molecule has 0 bridgehead atoms. The summed E-state index contributed by atoms with van der Waals surface area (Å²) in [6.45, 7) is 1.22. The van der Waals surface area contributed by atoms with E-state index < -0.39 is 11.8 Å². The summed E-state index contributed by atoms with van der Waals surface area (Å²) >= 11 is 0. The molecular weight excluding hydrogens is 196 g/mol. The van der Waals surface area contributed by atoms with Crippen LogP contribution in [0.5, 0.6) is 0 Å². The third-order valence-electron chi connectivity index (χ3n) is 1.48. The van der Waals surface area contributed by atoms with Crippen molar-refractivity contribution in [1.82, 2.24) is 0 Å². The Morgan fingerprint density at radius 2 is 1.60 bits per heavy atom. The van der Waals surface area contributed by atoms with Crippen molar-refractivity contribution in [1.29, 1.82) is 0 Å². The van der Waals surface area contributed by atoms with Crippen molar-refractivity contribution in [3.8, 4) is 0 Å². The van der Waals surface area contributed by atoms with Gasteiger partial charge in [-0.25, -0.2) is 4.79 Å². The molecular formula is C10H8N2O3. The first-order chi connectivity index (χ1) is 7.13. The number of para-hydroxylation sites is 2. The number of carbonyl (C=O) groups excluding carboxylic acids is 3. The van der Waals surface area contributed by atoms with E-state index in [4.69, 9.17) is 4.79 Å². The molecule has 0 N–H and O–H groups in total. The van der Waals surface area contributed by atoms with Crippen LogP contribution in [-0.4, -0.2) is 18.1 Å². The first-order valence-electron chi connectivity index (χ1n) is 4.15. The average molecular weight is 204 g/mol. The minimum absolute atomic E-state index is 0.278. The monoisotopic (exact) mass is 204 g/mol. The van der Waals surface area contributed by atoms with Gasteiger partial charge in [0, 0.05) is 6.92 Å². The first kappa shape index (κ1) is 10.9. The molecule has 2 rings (SSSR count). The van der Waals surface area contributed by atoms with Crippen molar-refractivity contribution >= 4 is 18.1 Å². The van der Waals surface area contributed by atoms with Gasteiger partial charge in [0.25, 0.3) is 0 Å². The Morgan fingerprint density at radius 1 is 1.20 bits per heavy atom. The molecule has 0 fully saturated rings. The quantitative estimate of drug-likeness (QED) is 0.471. The van der Waals surface area contributed by atoms with E-state index in [9.17, 15) is 9.59 Å². The largest absolute Gasteiger partial charge is 0.368 e. The number of carbonyl (C=O) groups is 3. The summed E-state index contributed by atoms with van der Waals surface area (Å²) in [7, 11) is 0. The van der Waals surface area contributed by atoms with Crippen LogP contribution in [0.2, 0.25) is 0 Å². The molecule has 76 valence electrons. The van der Waals surface area contributed by atoms with Crippen LogP contribution in [0.25, 0.3) is 0 Å². The van der Waals surface area contributed by atoms with Crippen molar-refractivity contribution < 1.29 is 14.4 Å². The van der Waals surface area contributed by atoms with Gasteiger partial charge in [0.1, 0.15) is 0 Å². The van der Waals surface area contributed by atoms with Gasteiger partial charge >= 0.3 is 6.03 Å². The number of hydrogen-bond donors (Lipinski definition) is 0. The second-order valence-electron chi connectivity index (χ2n) is 2.72. The number of aldehydes is 1. The third kappa shape index (κ3) is 3.22. The predicted octanol–water partition coefficient (Wildman–Crippen LogP) is -0.166. The lowest BCUT2D eigenvalue weighted by molar-refractivity contribution is -0.128. The van der Waals surface area contributed by atoms with Crippen LogP contribution in [0.3, 0.4) is 0 Å². The summed E-state index contributed by atoms with van der Waals surface area (Å²) in [5, 5.41) is 1.35. The van der Waals surface area contributed by atoms with Crippen molar-refractivity contribution in [2.75, 3.05) is 0 Å². The van der Waals surface area contributed by atoms with Gasteiger partial charge in [-0.2, -0.15) is 9.98 Å². The zero-order chi connectivity index (χ0) is 11.3. The fraction of sp³-hybridized carbons (Fsp3) is 0.100. The number of Topliss-reactive ketones (excluding diaryl/α,β-unsaturated/α-hetero) is 1. The highest BCUT2D eigenvalue weighted by molar-refractivity contribution is 6.23. The number of amides is 2. The topological polar surface area (TPSA) is 75.9 Å². The second-order valence-corrected chi connectivity index (χ2v) is 2.72. The molecule has 5 nitrogen and oxygen atoms in total. The first-order valence-corrected chi connectivity index (χ1v) is 4.15. The van der Waals surface area contributed by atoms with E-state index in [0.717, 1.165) is 0 Å². The SMILES string of the molecule is CC(=O)C=O.O=C1N=c2ccccc2=N1. The second kappa shape index (κ2) is 4.90. The van der Waals surface area contributed by atoms with E-state index in [0.29, 0.717) is 10.7 Å². The molecule has 0 aliphatic carbocycles. The molecule has 0 aromatic heterocycles. The molecule has 0 spiro atoms. The van der Waals surface area contributed by atoms with Gasteiger partial charge < -0.3 is 0 Å². The number of ketones is 1. The zero-order valence-electron chi connectivity index (χ0n) is 8.01. The van der Waals surface area contributed by atoms with E-state index >= 15 is 0 Å². The summed E-state index contributed by atoms with van der Waals surface area (Å²) in [5.74, 6) is -0.426. The minimum atomic E-state index is -0.426. The lowest BCUT2D eigenvalue weighted by Crippen LogP contribution is -2.19. The van der Waals surface area contributed by atoms with Crippen LogP contribution >= 0.6 is 0 Å². The minimum Gasteiger partial charge on any atom is -0.295 e. The number of hydrogen-bond acceptors (Lipinski definition) is 3. The van der Waals surface area contributed by atoms with Gasteiger partial charge in [0.15, 0.2) is 12.1 Å². The zero-order valence-corrected chi connectivity index (χ0v) is 8.01. The molecule has 0 saturated heterocycles. The van der Waals surface area contributed by atoms with Crippen LogP contribution < -0.4 is 10.7 Å². The molecule has 0 radical (unpaired) electrons. The van der Waals surface area contributed by atoms with Crippen molar-refractivity contribution in [3.05, 3.63) is 35.0 Å². The van der Waals surface area contributed by atoms with Gasteiger partial charge in [0.2, 0.25) is 0 Å². The van der Waals surface area contributed by atoms with Crippen LogP contribution in [0, 0.1) is 0 Å². The molecule has 0 unspecified atom stereocenters. The molecule has 15 heavy (non-hydrogen) atoms. The molecule has 0 atom stereocenters. The maximum Gasteiger partial charge on any atom is 0.368 e. The normalized spacial score (nSPS) is 11.4. The highest BCUT2D eigenvalue weighted by atomic mass is 16.2. The molecule has 1 heterocycles. The molecule has 2 amide bonds. The van der Waals surface area contributed by atoms with Gasteiger partial charge in [-0.1, -0.05) is 12.1 Å². The van der Waals surface area contributed by atoms with Gasteiger partial charge in [-0.05, 0) is 12.1 Å². The Kier molecular flexibility index (Phi) is 3.56. The van der Waals surface area contributed by atoms with E-state index in [1.165, 1.54) is 6.92 Å². The number of fused-ring (bicyclic) bond motifs is 1. The number of nitrogens with zero attached hydrogens (tertiary/aromatic N) is 2. The van der Waals surface area contributed by atoms with Gasteiger partial charge in [-0.3, -0.25) is 9.59 Å². The van der Waals surface area contributed by atoms with Crippen LogP contribution in [0.15, 0.2) is 34.3 Å². The third-order valence-corrected chi connectivity index (χ3v) is 1.48. The molecule has 5 heteroatoms. The average Bonchev–Trinajstić information content (AvgIpc) is 2.58. The fourth-order valence-corrected chi connectivity index (χ4v) is 0.884. The summed E-state index contributed by atoms with van der Waals surface area (Å²) in [5.41, 5.74) is 0. The molecule has 1 aromatic carbocycles. The van der Waals surface area contributed by atoms with E-state index in [2.05, 4.69) is 9.98 Å². The maximum absolute atomic E-state index is 10.6. The summed E-state index contributed by atoms with van der Waals surface area (Å²) < 4.78 is 0. The highest BCUT2D eigenvalue weighted by Crippen LogP contribution is 1.82. The number of rotatable bonds is 1. The lowest BCUT2D eigenvalue weighted by Gasteiger charge is -1.75. The Morgan fingerprint density at radius 3 is 1.93 bits per heavy atom. The number of benzene rings is 1. The van der Waals surface area contributed by atoms with Crippen LogP contribution in [0.4, 0.5) is 4.79 Å². The highest BCUT2D eigenvalue weighted by Gasteiger charge is 2.01. The molecule has 0 saturated carbocycles. The summed E-state index contributed by atoms with van der Waals surface area (Å²) in [4.78, 5) is 36.5. The Labute approximate surface area is 85.2 Å². The Hall–Kier alpha value is -2.17. The summed E-state index contributed by atoms with van der Waals surface area (Å²) in [6.07, 6.45) is 0.278. The smallest absolute Gasteiger partial charge is 0.295 e. The van der Waals surface area contributed by atoms with Gasteiger partial charge in [-0.15, -0.1) is 0 Å². The molecule has 1 aromatic rings. The van der Waals surface area contributed by atoms with Crippen molar-refractivity contribution in [2.45, 2.75) is 6.92 Å². The van der Waals surface area contributed by atoms with E-state index in [1.54, 1.807) is 12.1 Å². The lowest BCUT2D eigenvalue weighted by atomic mass is 10.3. The van der Waals surface area contributed by atoms with Gasteiger partial charge in [0.05, 0.1) is 10.7 Å². The Bertz CT molecular complexity index is 483. The van der Waals surface area contributed by atoms with Crippen LogP contribution in [-0.2, 0) is 9.59 Å².